The second-order valence-corrected chi connectivity index (χ2v) is 6.09. The number of benzene rings is 2. The Morgan fingerprint density at radius 1 is 1.12 bits per heavy atom. The van der Waals surface area contributed by atoms with Crippen molar-refractivity contribution in [3.8, 4) is 17.2 Å². The van der Waals surface area contributed by atoms with E-state index in [1.807, 2.05) is 13.8 Å². The zero-order valence-corrected chi connectivity index (χ0v) is 15.8. The molecule has 0 saturated carbocycles. The lowest BCUT2D eigenvalue weighted by Gasteiger charge is -2.12. The van der Waals surface area contributed by atoms with Crippen molar-refractivity contribution >= 4 is 23.7 Å². The number of nitrogens with zero attached hydrogens (tertiary/aromatic N) is 1. The Morgan fingerprint density at radius 2 is 1.77 bits per heavy atom. The fraction of sp³-hybridized carbons (Fsp3) is 0.263. The minimum absolute atomic E-state index is 0.00200. The molecule has 0 spiro atoms. The van der Waals surface area contributed by atoms with Gasteiger partial charge in [-0.2, -0.15) is 5.10 Å². The zero-order valence-electron chi connectivity index (χ0n) is 15.1. The van der Waals surface area contributed by atoms with Crippen molar-refractivity contribution in [2.45, 2.75) is 20.0 Å². The van der Waals surface area contributed by atoms with E-state index in [2.05, 4.69) is 10.5 Å². The van der Waals surface area contributed by atoms with E-state index >= 15 is 0 Å². The van der Waals surface area contributed by atoms with Gasteiger partial charge in [-0.3, -0.25) is 4.79 Å². The summed E-state index contributed by atoms with van der Waals surface area (Å²) in [6, 6.07) is 10.1. The highest BCUT2D eigenvalue weighted by molar-refractivity contribution is 6.30. The zero-order chi connectivity index (χ0) is 19.1. The normalized spacial score (nSPS) is 10.8. The SMILES string of the molecule is COc1cc(OC)cc(C(=O)NN=Cc2cc(Cl)ccc2OC(C)C)c1. The molecule has 0 heterocycles. The average Bonchev–Trinajstić information content (AvgIpc) is 2.62. The molecule has 138 valence electrons. The van der Waals surface area contributed by atoms with Gasteiger partial charge in [-0.1, -0.05) is 11.6 Å². The standard InChI is InChI=1S/C19H21ClN2O4/c1-12(2)26-18-6-5-15(20)7-14(18)11-21-22-19(23)13-8-16(24-3)10-17(9-13)25-4/h5-12H,1-4H3,(H,22,23). The summed E-state index contributed by atoms with van der Waals surface area (Å²) in [6.45, 7) is 3.85. The number of ether oxygens (including phenoxy) is 3. The van der Waals surface area contributed by atoms with Gasteiger partial charge in [0.25, 0.3) is 5.91 Å². The Bertz CT molecular complexity index is 784. The maximum atomic E-state index is 12.3. The Morgan fingerprint density at radius 3 is 2.35 bits per heavy atom. The molecule has 2 rings (SSSR count). The molecule has 0 unspecified atom stereocenters. The van der Waals surface area contributed by atoms with Gasteiger partial charge in [-0.15, -0.1) is 0 Å². The van der Waals surface area contributed by atoms with Crippen LogP contribution in [-0.2, 0) is 0 Å². The number of carbonyl (C=O) groups is 1. The molecule has 0 aromatic heterocycles. The number of carbonyl (C=O) groups excluding carboxylic acids is 1. The molecular weight excluding hydrogens is 356 g/mol. The third kappa shape index (κ3) is 5.39. The smallest absolute Gasteiger partial charge is 0.271 e. The molecule has 1 amide bonds. The van der Waals surface area contributed by atoms with Crippen molar-refractivity contribution in [3.05, 3.63) is 52.5 Å². The van der Waals surface area contributed by atoms with Crippen molar-refractivity contribution in [2.75, 3.05) is 14.2 Å². The summed E-state index contributed by atoms with van der Waals surface area (Å²) in [5.41, 5.74) is 3.50. The predicted molar refractivity (Wildman–Crippen MR) is 102 cm³/mol. The lowest BCUT2D eigenvalue weighted by Crippen LogP contribution is -2.18. The van der Waals surface area contributed by atoms with Crippen LogP contribution in [0.1, 0.15) is 29.8 Å². The Labute approximate surface area is 157 Å². The first-order valence-electron chi connectivity index (χ1n) is 7.95. The van der Waals surface area contributed by atoms with Crippen LogP contribution >= 0.6 is 11.6 Å². The number of amides is 1. The monoisotopic (exact) mass is 376 g/mol. The second kappa shape index (κ2) is 9.10. The van der Waals surface area contributed by atoms with Crippen molar-refractivity contribution in [1.82, 2.24) is 5.43 Å². The molecular formula is C19H21ClN2O4. The van der Waals surface area contributed by atoms with E-state index in [4.69, 9.17) is 25.8 Å². The summed E-state index contributed by atoms with van der Waals surface area (Å²) in [6.07, 6.45) is 1.49. The Balaban J connectivity index is 2.16. The maximum Gasteiger partial charge on any atom is 0.271 e. The van der Waals surface area contributed by atoms with Crippen LogP contribution in [0.15, 0.2) is 41.5 Å². The number of hydrazone groups is 1. The fourth-order valence-electron chi connectivity index (χ4n) is 2.14. The Hall–Kier alpha value is -2.73. The first-order valence-corrected chi connectivity index (χ1v) is 8.33. The molecule has 0 radical (unpaired) electrons. The van der Waals surface area contributed by atoms with Crippen LogP contribution in [-0.4, -0.2) is 32.4 Å². The molecule has 0 aliphatic heterocycles. The summed E-state index contributed by atoms with van der Waals surface area (Å²) in [4.78, 5) is 12.3. The third-order valence-electron chi connectivity index (χ3n) is 3.32. The van der Waals surface area contributed by atoms with Gasteiger partial charge in [0.05, 0.1) is 26.5 Å². The van der Waals surface area contributed by atoms with Gasteiger partial charge in [0.2, 0.25) is 0 Å². The number of hydrogen-bond acceptors (Lipinski definition) is 5. The first kappa shape index (κ1) is 19.6. The minimum Gasteiger partial charge on any atom is -0.497 e. The molecule has 26 heavy (non-hydrogen) atoms. The number of halogens is 1. The second-order valence-electron chi connectivity index (χ2n) is 5.65. The van der Waals surface area contributed by atoms with Gasteiger partial charge < -0.3 is 14.2 Å². The summed E-state index contributed by atoms with van der Waals surface area (Å²) in [7, 11) is 3.04. The summed E-state index contributed by atoms with van der Waals surface area (Å²) < 4.78 is 16.0. The topological polar surface area (TPSA) is 69.2 Å². The van der Waals surface area contributed by atoms with Gasteiger partial charge in [-0.05, 0) is 44.2 Å². The number of methoxy groups -OCH3 is 2. The van der Waals surface area contributed by atoms with Crippen molar-refractivity contribution in [1.29, 1.82) is 0 Å². The van der Waals surface area contributed by atoms with Crippen LogP contribution in [0.25, 0.3) is 0 Å². The van der Waals surface area contributed by atoms with Crippen LogP contribution in [0.5, 0.6) is 17.2 Å². The van der Waals surface area contributed by atoms with E-state index in [1.165, 1.54) is 20.4 Å². The molecule has 0 fully saturated rings. The van der Waals surface area contributed by atoms with Crippen LogP contribution < -0.4 is 19.6 Å². The highest BCUT2D eigenvalue weighted by Crippen LogP contribution is 2.23. The van der Waals surface area contributed by atoms with Gasteiger partial charge in [0.15, 0.2) is 0 Å². The highest BCUT2D eigenvalue weighted by atomic mass is 35.5. The average molecular weight is 377 g/mol. The summed E-state index contributed by atoms with van der Waals surface area (Å²) in [5.74, 6) is 1.26. The Kier molecular flexibility index (Phi) is 6.86. The van der Waals surface area contributed by atoms with Gasteiger partial charge in [-0.25, -0.2) is 5.43 Å². The van der Waals surface area contributed by atoms with E-state index in [0.717, 1.165) is 0 Å². The van der Waals surface area contributed by atoms with Crippen LogP contribution in [0, 0.1) is 0 Å². The fourth-order valence-corrected chi connectivity index (χ4v) is 2.33. The first-order chi connectivity index (χ1) is 12.4. The van der Waals surface area contributed by atoms with Crippen molar-refractivity contribution < 1.29 is 19.0 Å². The third-order valence-corrected chi connectivity index (χ3v) is 3.55. The minimum atomic E-state index is -0.396. The number of rotatable bonds is 7. The highest BCUT2D eigenvalue weighted by Gasteiger charge is 2.10. The van der Waals surface area contributed by atoms with Gasteiger partial charge >= 0.3 is 0 Å². The molecule has 0 bridgehead atoms. The van der Waals surface area contributed by atoms with E-state index in [9.17, 15) is 4.79 Å². The van der Waals surface area contributed by atoms with Gasteiger partial charge in [0.1, 0.15) is 17.2 Å². The number of nitrogens with one attached hydrogen (secondary N) is 1. The molecule has 1 N–H and O–H groups in total. The largest absolute Gasteiger partial charge is 0.497 e. The molecule has 0 aliphatic carbocycles. The lowest BCUT2D eigenvalue weighted by atomic mass is 10.2. The van der Waals surface area contributed by atoms with E-state index in [1.54, 1.807) is 36.4 Å². The molecule has 7 heteroatoms. The molecule has 2 aromatic rings. The van der Waals surface area contributed by atoms with E-state index in [-0.39, 0.29) is 6.10 Å². The summed E-state index contributed by atoms with van der Waals surface area (Å²) in [5, 5.41) is 4.54. The van der Waals surface area contributed by atoms with Crippen LogP contribution in [0.2, 0.25) is 5.02 Å². The molecule has 6 nitrogen and oxygen atoms in total. The quantitative estimate of drug-likeness (QED) is 0.587. The molecule has 0 aliphatic rings. The summed E-state index contributed by atoms with van der Waals surface area (Å²) >= 11 is 6.03. The molecule has 0 saturated heterocycles. The van der Waals surface area contributed by atoms with Gasteiger partial charge in [0, 0.05) is 22.2 Å². The van der Waals surface area contributed by atoms with E-state index < -0.39 is 5.91 Å². The maximum absolute atomic E-state index is 12.3. The van der Waals surface area contributed by atoms with Crippen LogP contribution in [0.3, 0.4) is 0 Å². The van der Waals surface area contributed by atoms with Crippen molar-refractivity contribution in [2.24, 2.45) is 5.10 Å². The lowest BCUT2D eigenvalue weighted by molar-refractivity contribution is 0.0954. The predicted octanol–water partition coefficient (Wildman–Crippen LogP) is 3.91. The van der Waals surface area contributed by atoms with E-state index in [0.29, 0.717) is 33.4 Å². The molecule has 0 atom stereocenters. The number of hydrogen-bond donors (Lipinski definition) is 1. The van der Waals surface area contributed by atoms with Crippen molar-refractivity contribution in [3.63, 3.8) is 0 Å². The molecule has 2 aromatic carbocycles. The van der Waals surface area contributed by atoms with Crippen LogP contribution in [0.4, 0.5) is 0 Å².